The number of imidazole rings is 1. The molecular formula is C19H14F4N6O. The molecular weight excluding hydrogens is 404 g/mol. The first-order valence-electron chi connectivity index (χ1n) is 8.60. The highest BCUT2D eigenvalue weighted by atomic mass is 19.4. The van der Waals surface area contributed by atoms with Gasteiger partial charge in [-0.05, 0) is 43.3 Å². The van der Waals surface area contributed by atoms with Crippen LogP contribution in [-0.2, 0) is 6.18 Å². The quantitative estimate of drug-likeness (QED) is 0.406. The minimum absolute atomic E-state index is 0.0681. The number of hydrogen-bond donors (Lipinski definition) is 3. The van der Waals surface area contributed by atoms with Gasteiger partial charge in [-0.3, -0.25) is 0 Å². The van der Waals surface area contributed by atoms with Crippen LogP contribution >= 0.6 is 0 Å². The molecule has 2 aromatic heterocycles. The van der Waals surface area contributed by atoms with E-state index in [-0.39, 0.29) is 28.8 Å². The lowest BCUT2D eigenvalue weighted by molar-refractivity contribution is -0.137. The largest absolute Gasteiger partial charge is 0.439 e. The van der Waals surface area contributed by atoms with E-state index in [9.17, 15) is 17.6 Å². The van der Waals surface area contributed by atoms with Crippen molar-refractivity contribution < 1.29 is 22.3 Å². The Morgan fingerprint density at radius 1 is 1.03 bits per heavy atom. The number of H-pyrrole nitrogens is 1. The Labute approximate surface area is 166 Å². The summed E-state index contributed by atoms with van der Waals surface area (Å²) in [6, 6.07) is 9.43. The van der Waals surface area contributed by atoms with Crippen LogP contribution < -0.4 is 15.8 Å². The highest BCUT2D eigenvalue weighted by Gasteiger charge is 2.32. The zero-order valence-electron chi connectivity index (χ0n) is 15.4. The fourth-order valence-corrected chi connectivity index (χ4v) is 2.78. The molecule has 0 unspecified atom stereocenters. The van der Waals surface area contributed by atoms with Gasteiger partial charge in [0.05, 0.1) is 11.1 Å². The third-order valence-electron chi connectivity index (χ3n) is 4.05. The molecule has 0 radical (unpaired) electrons. The van der Waals surface area contributed by atoms with Crippen LogP contribution in [-0.4, -0.2) is 19.9 Å². The van der Waals surface area contributed by atoms with Gasteiger partial charge >= 0.3 is 6.18 Å². The summed E-state index contributed by atoms with van der Waals surface area (Å²) in [7, 11) is 0. The third kappa shape index (κ3) is 4.09. The first-order valence-corrected chi connectivity index (χ1v) is 8.60. The Morgan fingerprint density at radius 3 is 2.43 bits per heavy atom. The summed E-state index contributed by atoms with van der Waals surface area (Å²) in [6.45, 7) is 1.76. The maximum absolute atomic E-state index is 14.0. The predicted molar refractivity (Wildman–Crippen MR) is 102 cm³/mol. The number of ether oxygens (including phenoxy) is 1. The number of nitrogens with two attached hydrogens (primary N) is 1. The van der Waals surface area contributed by atoms with Crippen molar-refractivity contribution in [3.05, 3.63) is 59.5 Å². The lowest BCUT2D eigenvalue weighted by Gasteiger charge is -2.07. The Bertz CT molecular complexity index is 1200. The number of hydrogen-bond acceptors (Lipinski definition) is 6. The van der Waals surface area contributed by atoms with Gasteiger partial charge in [0.15, 0.2) is 5.82 Å². The number of anilines is 3. The van der Waals surface area contributed by atoms with Gasteiger partial charge in [0.1, 0.15) is 11.3 Å². The van der Waals surface area contributed by atoms with E-state index in [1.165, 1.54) is 0 Å². The van der Waals surface area contributed by atoms with Crippen molar-refractivity contribution >= 4 is 28.6 Å². The van der Waals surface area contributed by atoms with E-state index in [4.69, 9.17) is 10.5 Å². The average molecular weight is 418 g/mol. The second-order valence-corrected chi connectivity index (χ2v) is 6.39. The molecule has 0 saturated heterocycles. The second kappa shape index (κ2) is 7.17. The van der Waals surface area contributed by atoms with Crippen LogP contribution in [0.1, 0.15) is 11.3 Å². The summed E-state index contributed by atoms with van der Waals surface area (Å²) in [6.07, 6.45) is -4.66. The zero-order chi connectivity index (χ0) is 21.5. The van der Waals surface area contributed by atoms with Crippen molar-refractivity contribution in [2.24, 2.45) is 0 Å². The van der Waals surface area contributed by atoms with E-state index in [0.717, 1.165) is 6.07 Å². The number of halogens is 4. The van der Waals surface area contributed by atoms with Gasteiger partial charge in [-0.2, -0.15) is 18.2 Å². The number of benzene rings is 2. The van der Waals surface area contributed by atoms with Crippen LogP contribution in [0.5, 0.6) is 11.6 Å². The number of aromatic amines is 1. The molecule has 0 spiro atoms. The fraction of sp³-hybridized carbons (Fsp3) is 0.105. The number of nitrogen functional groups attached to an aromatic ring is 1. The summed E-state index contributed by atoms with van der Waals surface area (Å²) in [5, 5.41) is 2.87. The van der Waals surface area contributed by atoms with E-state index in [1.54, 1.807) is 37.3 Å². The van der Waals surface area contributed by atoms with Crippen LogP contribution in [0.2, 0.25) is 0 Å². The maximum atomic E-state index is 14.0. The molecule has 2 heterocycles. The molecule has 154 valence electrons. The van der Waals surface area contributed by atoms with Crippen LogP contribution in [0, 0.1) is 12.7 Å². The van der Waals surface area contributed by atoms with Gasteiger partial charge in [0, 0.05) is 17.4 Å². The number of aromatic nitrogens is 4. The highest BCUT2D eigenvalue weighted by Crippen LogP contribution is 2.33. The van der Waals surface area contributed by atoms with Crippen molar-refractivity contribution in [1.29, 1.82) is 0 Å². The summed E-state index contributed by atoms with van der Waals surface area (Å²) < 4.78 is 58.1. The van der Waals surface area contributed by atoms with Crippen LogP contribution in [0.3, 0.4) is 0 Å². The lowest BCUT2D eigenvalue weighted by Crippen LogP contribution is -2.05. The van der Waals surface area contributed by atoms with E-state index >= 15 is 0 Å². The molecule has 30 heavy (non-hydrogen) atoms. The summed E-state index contributed by atoms with van der Waals surface area (Å²) in [5.74, 6) is -0.116. The van der Waals surface area contributed by atoms with E-state index in [2.05, 4.69) is 25.3 Å². The first-order chi connectivity index (χ1) is 14.2. The Kier molecular flexibility index (Phi) is 4.65. The predicted octanol–water partition coefficient (Wildman–Crippen LogP) is 4.94. The van der Waals surface area contributed by atoms with Crippen molar-refractivity contribution in [3.8, 4) is 11.6 Å². The number of aryl methyl sites for hydroxylation is 1. The van der Waals surface area contributed by atoms with Gasteiger partial charge in [-0.15, -0.1) is 0 Å². The van der Waals surface area contributed by atoms with Crippen molar-refractivity contribution in [2.75, 3.05) is 11.1 Å². The van der Waals surface area contributed by atoms with E-state index in [1.807, 2.05) is 0 Å². The van der Waals surface area contributed by atoms with Crippen molar-refractivity contribution in [3.63, 3.8) is 0 Å². The second-order valence-electron chi connectivity index (χ2n) is 6.39. The molecule has 4 aromatic rings. The summed E-state index contributed by atoms with van der Waals surface area (Å²) in [4.78, 5) is 14.5. The molecule has 4 rings (SSSR count). The maximum Gasteiger partial charge on any atom is 0.416 e. The number of alkyl halides is 3. The molecule has 7 nitrogen and oxygen atoms in total. The molecule has 0 atom stereocenters. The van der Waals surface area contributed by atoms with Gasteiger partial charge in [-0.25, -0.2) is 14.4 Å². The minimum atomic E-state index is -4.66. The fourth-order valence-electron chi connectivity index (χ4n) is 2.78. The molecule has 0 aliphatic carbocycles. The SMILES string of the molecule is Cc1cc(Oc2ccc(Nc3nc4c(F)cc(C(F)(F)F)cc4[nH]3)cc2)nc(N)n1. The van der Waals surface area contributed by atoms with E-state index in [0.29, 0.717) is 23.2 Å². The van der Waals surface area contributed by atoms with Gasteiger partial charge < -0.3 is 20.8 Å². The normalized spacial score (nSPS) is 11.6. The molecule has 0 amide bonds. The van der Waals surface area contributed by atoms with Crippen molar-refractivity contribution in [2.45, 2.75) is 13.1 Å². The molecule has 0 aliphatic heterocycles. The summed E-state index contributed by atoms with van der Waals surface area (Å²) >= 11 is 0. The highest BCUT2D eigenvalue weighted by molar-refractivity contribution is 5.80. The molecule has 0 saturated carbocycles. The van der Waals surface area contributed by atoms with Gasteiger partial charge in [-0.1, -0.05) is 0 Å². The van der Waals surface area contributed by atoms with E-state index < -0.39 is 17.6 Å². The Balaban J connectivity index is 1.53. The molecule has 4 N–H and O–H groups in total. The van der Waals surface area contributed by atoms with Gasteiger partial charge in [0.25, 0.3) is 0 Å². The number of rotatable bonds is 4. The zero-order valence-corrected chi connectivity index (χ0v) is 15.4. The Hall–Kier alpha value is -3.89. The van der Waals surface area contributed by atoms with Crippen LogP contribution in [0.15, 0.2) is 42.5 Å². The number of fused-ring (bicyclic) bond motifs is 1. The molecule has 0 aliphatic rings. The molecule has 0 fully saturated rings. The van der Waals surface area contributed by atoms with Gasteiger partial charge in [0.2, 0.25) is 17.8 Å². The van der Waals surface area contributed by atoms with Crippen molar-refractivity contribution in [1.82, 2.24) is 19.9 Å². The number of nitrogens with zero attached hydrogens (tertiary/aromatic N) is 3. The molecule has 0 bridgehead atoms. The van der Waals surface area contributed by atoms with Crippen LogP contribution in [0.4, 0.5) is 35.1 Å². The lowest BCUT2D eigenvalue weighted by atomic mass is 10.2. The minimum Gasteiger partial charge on any atom is -0.439 e. The third-order valence-corrected chi connectivity index (χ3v) is 4.05. The monoisotopic (exact) mass is 418 g/mol. The summed E-state index contributed by atoms with van der Waals surface area (Å²) in [5.41, 5.74) is 5.44. The smallest absolute Gasteiger partial charge is 0.416 e. The Morgan fingerprint density at radius 2 is 1.77 bits per heavy atom. The topological polar surface area (TPSA) is 102 Å². The molecule has 11 heteroatoms. The average Bonchev–Trinajstić information content (AvgIpc) is 3.05. The van der Waals surface area contributed by atoms with Crippen LogP contribution in [0.25, 0.3) is 11.0 Å². The first kappa shape index (κ1) is 19.4. The molecule has 2 aromatic carbocycles. The number of nitrogens with one attached hydrogen (secondary N) is 2. The standard InChI is InChI=1S/C19H14F4N6O/c1-9-6-15(28-17(24)25-9)30-12-4-2-11(3-5-12)26-18-27-14-8-10(19(21,22)23)7-13(20)16(14)29-18/h2-8H,1H3,(H2,24,25,28)(H2,26,27,29).